The second-order valence-electron chi connectivity index (χ2n) is 3.15. The molecule has 0 amide bonds. The molecule has 0 saturated heterocycles. The molecule has 0 saturated carbocycles. The lowest BCUT2D eigenvalue weighted by Gasteiger charge is -2.43. The fourth-order valence-electron chi connectivity index (χ4n) is 1.56. The molecule has 72 valence electrons. The predicted octanol–water partition coefficient (Wildman–Crippen LogP) is 1.99. The highest BCUT2D eigenvalue weighted by atomic mass is 35.5. The number of hydrogen-bond donors (Lipinski definition) is 1. The Bertz CT molecular complexity index is 313. The summed E-state index contributed by atoms with van der Waals surface area (Å²) in [7, 11) is 1.47. The summed E-state index contributed by atoms with van der Waals surface area (Å²) in [5.41, 5.74) is 3.15. The van der Waals surface area contributed by atoms with Gasteiger partial charge >= 0.3 is 0 Å². The maximum absolute atomic E-state index is 10.1. The van der Waals surface area contributed by atoms with Crippen molar-refractivity contribution in [2.24, 2.45) is 0 Å². The van der Waals surface area contributed by atoms with Gasteiger partial charge in [-0.25, -0.2) is 0 Å². The van der Waals surface area contributed by atoms with Crippen molar-refractivity contribution in [3.05, 3.63) is 29.2 Å². The lowest BCUT2D eigenvalue weighted by Crippen LogP contribution is -2.51. The van der Waals surface area contributed by atoms with Gasteiger partial charge in [-0.05, 0) is 25.0 Å². The van der Waals surface area contributed by atoms with E-state index in [4.69, 9.17) is 16.3 Å². The lowest BCUT2D eigenvalue weighted by atomic mass is 9.73. The summed E-state index contributed by atoms with van der Waals surface area (Å²) >= 11 is 5.98. The van der Waals surface area contributed by atoms with Gasteiger partial charge in [0.05, 0.1) is 12.5 Å². The van der Waals surface area contributed by atoms with Gasteiger partial charge in [0.25, 0.3) is 0 Å². The molecule has 0 aromatic rings. The standard InChI is InChI=1S/C10H13ClO2/c1-5-8(13-4)10(12)7(3)6(2)9(10)11/h9,12H,1H2,2-4H3. The van der Waals surface area contributed by atoms with Gasteiger partial charge in [0.15, 0.2) is 11.4 Å². The van der Waals surface area contributed by atoms with Crippen LogP contribution in [0, 0.1) is 0 Å². The number of ether oxygens (including phenoxy) is 1. The molecule has 0 aromatic carbocycles. The van der Waals surface area contributed by atoms with Crippen LogP contribution in [0.3, 0.4) is 0 Å². The number of rotatable bonds is 2. The van der Waals surface area contributed by atoms with Crippen molar-refractivity contribution >= 4 is 11.6 Å². The minimum absolute atomic E-state index is 0.288. The van der Waals surface area contributed by atoms with E-state index < -0.39 is 11.0 Å². The highest BCUT2D eigenvalue weighted by Gasteiger charge is 2.52. The van der Waals surface area contributed by atoms with E-state index in [0.29, 0.717) is 0 Å². The monoisotopic (exact) mass is 200 g/mol. The van der Waals surface area contributed by atoms with E-state index in [1.54, 1.807) is 0 Å². The van der Waals surface area contributed by atoms with Gasteiger partial charge < -0.3 is 9.84 Å². The number of alkyl halides is 1. The fraction of sp³-hybridized carbons (Fsp3) is 0.500. The van der Waals surface area contributed by atoms with Crippen molar-refractivity contribution in [3.63, 3.8) is 0 Å². The Labute approximate surface area is 83.2 Å². The van der Waals surface area contributed by atoms with Crippen molar-refractivity contribution in [2.75, 3.05) is 7.11 Å². The number of aliphatic hydroxyl groups is 1. The van der Waals surface area contributed by atoms with Crippen molar-refractivity contribution in [3.8, 4) is 0 Å². The molecule has 1 aliphatic carbocycles. The van der Waals surface area contributed by atoms with Crippen LogP contribution in [0.5, 0.6) is 0 Å². The molecule has 1 N–H and O–H groups in total. The first-order valence-electron chi connectivity index (χ1n) is 3.99. The molecule has 0 fully saturated rings. The molecule has 1 aliphatic rings. The molecule has 2 unspecified atom stereocenters. The largest absolute Gasteiger partial charge is 0.490 e. The van der Waals surface area contributed by atoms with Crippen molar-refractivity contribution < 1.29 is 9.84 Å². The third-order valence-corrected chi connectivity index (χ3v) is 3.26. The van der Waals surface area contributed by atoms with Crippen LogP contribution in [-0.2, 0) is 4.74 Å². The van der Waals surface area contributed by atoms with Crippen LogP contribution >= 0.6 is 11.6 Å². The molecular weight excluding hydrogens is 188 g/mol. The average molecular weight is 201 g/mol. The van der Waals surface area contributed by atoms with E-state index in [-0.39, 0.29) is 5.76 Å². The van der Waals surface area contributed by atoms with Crippen LogP contribution in [-0.4, -0.2) is 23.2 Å². The number of halogens is 1. The van der Waals surface area contributed by atoms with Gasteiger partial charge in [0, 0.05) is 0 Å². The van der Waals surface area contributed by atoms with Gasteiger partial charge in [-0.1, -0.05) is 12.3 Å². The normalized spacial score (nSPS) is 32.2. The van der Waals surface area contributed by atoms with Gasteiger partial charge in [0.1, 0.15) is 0 Å². The maximum atomic E-state index is 10.1. The zero-order chi connectivity index (χ0) is 10.2. The zero-order valence-corrected chi connectivity index (χ0v) is 8.77. The molecule has 0 aromatic heterocycles. The Hall–Kier alpha value is -0.690. The minimum Gasteiger partial charge on any atom is -0.490 e. The zero-order valence-electron chi connectivity index (χ0n) is 8.02. The smallest absolute Gasteiger partial charge is 0.175 e. The molecule has 2 nitrogen and oxygen atoms in total. The summed E-state index contributed by atoms with van der Waals surface area (Å²) < 4.78 is 4.97. The van der Waals surface area contributed by atoms with Crippen LogP contribution in [0.4, 0.5) is 0 Å². The average Bonchev–Trinajstić information content (AvgIpc) is 2.16. The van der Waals surface area contributed by atoms with Crippen LogP contribution in [0.25, 0.3) is 0 Å². The van der Waals surface area contributed by atoms with E-state index in [9.17, 15) is 5.11 Å². The van der Waals surface area contributed by atoms with E-state index in [1.165, 1.54) is 7.11 Å². The highest BCUT2D eigenvalue weighted by Crippen LogP contribution is 2.46. The van der Waals surface area contributed by atoms with Gasteiger partial charge in [0.2, 0.25) is 0 Å². The van der Waals surface area contributed by atoms with Crippen molar-refractivity contribution in [2.45, 2.75) is 24.8 Å². The first-order chi connectivity index (χ1) is 6.00. The summed E-state index contributed by atoms with van der Waals surface area (Å²) in [4.78, 5) is 0. The Kier molecular flexibility index (Phi) is 2.58. The Morgan fingerprint density at radius 1 is 1.69 bits per heavy atom. The first-order valence-corrected chi connectivity index (χ1v) is 4.42. The second-order valence-corrected chi connectivity index (χ2v) is 3.58. The van der Waals surface area contributed by atoms with Gasteiger partial charge in [-0.2, -0.15) is 0 Å². The molecule has 3 heteroatoms. The molecule has 0 bridgehead atoms. The van der Waals surface area contributed by atoms with E-state index in [0.717, 1.165) is 11.1 Å². The fourth-order valence-corrected chi connectivity index (χ4v) is 1.99. The van der Waals surface area contributed by atoms with Gasteiger partial charge in [-0.3, -0.25) is 0 Å². The Balaban J connectivity index is 3.14. The maximum Gasteiger partial charge on any atom is 0.175 e. The van der Waals surface area contributed by atoms with Gasteiger partial charge in [-0.15, -0.1) is 11.6 Å². The molecular formula is C10H13ClO2. The predicted molar refractivity (Wildman–Crippen MR) is 52.6 cm³/mol. The quantitative estimate of drug-likeness (QED) is 0.320. The van der Waals surface area contributed by atoms with Crippen LogP contribution in [0.15, 0.2) is 29.2 Å². The van der Waals surface area contributed by atoms with E-state index >= 15 is 0 Å². The molecule has 13 heavy (non-hydrogen) atoms. The SMILES string of the molecule is C=C=C(OC)C1(O)C(C)=C(C)C1Cl. The second kappa shape index (κ2) is 3.22. The summed E-state index contributed by atoms with van der Waals surface area (Å²) in [5, 5.41) is 9.69. The molecule has 1 rings (SSSR count). The summed E-state index contributed by atoms with van der Waals surface area (Å²) in [6.45, 7) is 7.16. The summed E-state index contributed by atoms with van der Waals surface area (Å²) in [5.74, 6) is 0.288. The molecule has 0 aliphatic heterocycles. The summed E-state index contributed by atoms with van der Waals surface area (Å²) in [6, 6.07) is 0. The molecule has 0 spiro atoms. The Morgan fingerprint density at radius 3 is 2.54 bits per heavy atom. The van der Waals surface area contributed by atoms with Crippen LogP contribution in [0.2, 0.25) is 0 Å². The van der Waals surface area contributed by atoms with Crippen LogP contribution in [0.1, 0.15) is 13.8 Å². The number of methoxy groups -OCH3 is 1. The molecule has 2 atom stereocenters. The van der Waals surface area contributed by atoms with E-state index in [2.05, 4.69) is 12.3 Å². The highest BCUT2D eigenvalue weighted by molar-refractivity contribution is 6.25. The topological polar surface area (TPSA) is 29.5 Å². The minimum atomic E-state index is -1.21. The summed E-state index contributed by atoms with van der Waals surface area (Å²) in [6.07, 6.45) is 0. The van der Waals surface area contributed by atoms with Crippen molar-refractivity contribution in [1.29, 1.82) is 0 Å². The molecule has 0 heterocycles. The van der Waals surface area contributed by atoms with Crippen LogP contribution < -0.4 is 0 Å². The third-order valence-electron chi connectivity index (χ3n) is 2.62. The number of hydrogen-bond acceptors (Lipinski definition) is 2. The Morgan fingerprint density at radius 2 is 2.23 bits per heavy atom. The third kappa shape index (κ3) is 1.14. The first kappa shape index (κ1) is 10.4. The van der Waals surface area contributed by atoms with Crippen molar-refractivity contribution in [1.82, 2.24) is 0 Å². The lowest BCUT2D eigenvalue weighted by molar-refractivity contribution is 0.0392. The molecule has 0 radical (unpaired) electrons. The van der Waals surface area contributed by atoms with E-state index in [1.807, 2.05) is 13.8 Å².